The number of benzene rings is 1. The van der Waals surface area contributed by atoms with Crippen LogP contribution in [0.5, 0.6) is 0 Å². The first-order valence-corrected chi connectivity index (χ1v) is 9.23. The van der Waals surface area contributed by atoms with E-state index in [-0.39, 0.29) is 5.82 Å². The van der Waals surface area contributed by atoms with Crippen molar-refractivity contribution >= 4 is 0 Å². The van der Waals surface area contributed by atoms with Gasteiger partial charge in [-0.25, -0.2) is 4.39 Å². The van der Waals surface area contributed by atoms with Crippen LogP contribution in [0.4, 0.5) is 4.39 Å². The Morgan fingerprint density at radius 3 is 2.48 bits per heavy atom. The Bertz CT molecular complexity index is 643. The quantitative estimate of drug-likeness (QED) is 0.770. The van der Waals surface area contributed by atoms with Gasteiger partial charge in [-0.2, -0.15) is 4.98 Å². The summed E-state index contributed by atoms with van der Waals surface area (Å²) in [6.45, 7) is 7.82. The molecular formula is C19H27FN4O. The van der Waals surface area contributed by atoms with E-state index in [4.69, 9.17) is 4.52 Å². The van der Waals surface area contributed by atoms with Crippen LogP contribution >= 0.6 is 0 Å². The molecule has 1 aromatic carbocycles. The second-order valence-electron chi connectivity index (χ2n) is 6.74. The van der Waals surface area contributed by atoms with Crippen LogP contribution in [0.15, 0.2) is 28.8 Å². The third-order valence-electron chi connectivity index (χ3n) is 4.62. The summed E-state index contributed by atoms with van der Waals surface area (Å²) in [5.41, 5.74) is 1.16. The molecule has 0 bridgehead atoms. The van der Waals surface area contributed by atoms with Gasteiger partial charge in [-0.05, 0) is 43.6 Å². The second-order valence-corrected chi connectivity index (χ2v) is 6.74. The Kier molecular flexibility index (Phi) is 6.53. The molecule has 0 radical (unpaired) electrons. The fourth-order valence-electron chi connectivity index (χ4n) is 3.17. The van der Waals surface area contributed by atoms with Crippen molar-refractivity contribution in [3.05, 3.63) is 47.4 Å². The molecule has 1 aliphatic heterocycles. The first-order valence-electron chi connectivity index (χ1n) is 9.23. The van der Waals surface area contributed by atoms with Crippen molar-refractivity contribution in [2.24, 2.45) is 0 Å². The molecule has 3 rings (SSSR count). The van der Waals surface area contributed by atoms with E-state index in [1.165, 1.54) is 12.1 Å². The fraction of sp³-hybridized carbons (Fsp3) is 0.579. The minimum absolute atomic E-state index is 0.177. The highest BCUT2D eigenvalue weighted by molar-refractivity contribution is 5.15. The summed E-state index contributed by atoms with van der Waals surface area (Å²) in [7, 11) is 0. The SMILES string of the molecule is CCCCc1noc(CN2CCCN(Cc3ccc(F)cc3)CC2)n1. The Morgan fingerprint density at radius 1 is 1.04 bits per heavy atom. The Hall–Kier alpha value is -1.79. The molecule has 0 atom stereocenters. The van der Waals surface area contributed by atoms with Crippen LogP contribution in [-0.2, 0) is 19.5 Å². The van der Waals surface area contributed by atoms with Crippen molar-refractivity contribution in [1.29, 1.82) is 0 Å². The first kappa shape index (κ1) is 18.0. The van der Waals surface area contributed by atoms with Crippen LogP contribution < -0.4 is 0 Å². The smallest absolute Gasteiger partial charge is 0.240 e. The summed E-state index contributed by atoms with van der Waals surface area (Å²) in [5, 5.41) is 4.07. The molecule has 1 fully saturated rings. The minimum atomic E-state index is -0.177. The van der Waals surface area contributed by atoms with Gasteiger partial charge >= 0.3 is 0 Å². The maximum atomic E-state index is 13.0. The molecule has 0 amide bonds. The van der Waals surface area contributed by atoms with Gasteiger partial charge in [0.15, 0.2) is 5.82 Å². The molecule has 136 valence electrons. The number of aromatic nitrogens is 2. The molecule has 2 heterocycles. The first-order chi connectivity index (χ1) is 12.2. The lowest BCUT2D eigenvalue weighted by molar-refractivity contribution is 0.222. The molecule has 0 saturated carbocycles. The highest BCUT2D eigenvalue weighted by Gasteiger charge is 2.17. The number of nitrogens with zero attached hydrogens (tertiary/aromatic N) is 4. The third kappa shape index (κ3) is 5.61. The molecule has 0 N–H and O–H groups in total. The van der Waals surface area contributed by atoms with Crippen molar-refractivity contribution in [3.63, 3.8) is 0 Å². The zero-order chi connectivity index (χ0) is 17.5. The topological polar surface area (TPSA) is 45.4 Å². The zero-order valence-electron chi connectivity index (χ0n) is 15.0. The average molecular weight is 346 g/mol. The number of hydrogen-bond acceptors (Lipinski definition) is 5. The number of rotatable bonds is 7. The van der Waals surface area contributed by atoms with E-state index in [1.807, 2.05) is 12.1 Å². The number of halogens is 1. The van der Waals surface area contributed by atoms with Gasteiger partial charge < -0.3 is 4.52 Å². The molecule has 0 unspecified atom stereocenters. The summed E-state index contributed by atoms with van der Waals surface area (Å²) in [6.07, 6.45) is 4.24. The third-order valence-corrected chi connectivity index (χ3v) is 4.62. The van der Waals surface area contributed by atoms with Crippen molar-refractivity contribution in [2.45, 2.75) is 45.7 Å². The normalized spacial score (nSPS) is 16.9. The van der Waals surface area contributed by atoms with E-state index in [0.717, 1.165) is 82.2 Å². The van der Waals surface area contributed by atoms with Gasteiger partial charge in [0.05, 0.1) is 6.54 Å². The van der Waals surface area contributed by atoms with Crippen LogP contribution in [0.1, 0.15) is 43.5 Å². The van der Waals surface area contributed by atoms with Crippen molar-refractivity contribution in [1.82, 2.24) is 19.9 Å². The van der Waals surface area contributed by atoms with E-state index in [0.29, 0.717) is 0 Å². The molecule has 0 spiro atoms. The minimum Gasteiger partial charge on any atom is -0.338 e. The Labute approximate surface area is 148 Å². The van der Waals surface area contributed by atoms with Gasteiger partial charge in [-0.15, -0.1) is 0 Å². The van der Waals surface area contributed by atoms with Crippen molar-refractivity contribution in [3.8, 4) is 0 Å². The summed E-state index contributed by atoms with van der Waals surface area (Å²) in [4.78, 5) is 9.30. The maximum absolute atomic E-state index is 13.0. The van der Waals surface area contributed by atoms with E-state index in [9.17, 15) is 4.39 Å². The van der Waals surface area contributed by atoms with Crippen LogP contribution in [-0.4, -0.2) is 46.1 Å². The standard InChI is InChI=1S/C19H27FN4O/c1-2-3-5-18-21-19(25-22-18)15-24-11-4-10-23(12-13-24)14-16-6-8-17(20)9-7-16/h6-9H,2-5,10-15H2,1H3. The molecule has 5 nitrogen and oxygen atoms in total. The number of hydrogen-bond donors (Lipinski definition) is 0. The van der Waals surface area contributed by atoms with Gasteiger partial charge in [0.25, 0.3) is 0 Å². The summed E-state index contributed by atoms with van der Waals surface area (Å²) in [5.74, 6) is 1.37. The number of aryl methyl sites for hydroxylation is 1. The van der Waals surface area contributed by atoms with Gasteiger partial charge in [0, 0.05) is 26.1 Å². The molecule has 1 aromatic heterocycles. The summed E-state index contributed by atoms with van der Waals surface area (Å²) in [6, 6.07) is 6.80. The van der Waals surface area contributed by atoms with Crippen LogP contribution in [0.2, 0.25) is 0 Å². The Morgan fingerprint density at radius 2 is 1.76 bits per heavy atom. The fourth-order valence-corrected chi connectivity index (χ4v) is 3.17. The van der Waals surface area contributed by atoms with E-state index in [2.05, 4.69) is 26.9 Å². The Balaban J connectivity index is 1.47. The predicted molar refractivity (Wildman–Crippen MR) is 94.5 cm³/mol. The monoisotopic (exact) mass is 346 g/mol. The molecule has 0 aliphatic carbocycles. The lowest BCUT2D eigenvalue weighted by Crippen LogP contribution is -2.30. The molecule has 6 heteroatoms. The van der Waals surface area contributed by atoms with E-state index < -0.39 is 0 Å². The second kappa shape index (κ2) is 9.06. The van der Waals surface area contributed by atoms with Crippen LogP contribution in [0.25, 0.3) is 0 Å². The van der Waals surface area contributed by atoms with Gasteiger partial charge in [-0.3, -0.25) is 9.80 Å². The van der Waals surface area contributed by atoms with Crippen LogP contribution in [0.3, 0.4) is 0 Å². The lowest BCUT2D eigenvalue weighted by Gasteiger charge is -2.20. The molecular weight excluding hydrogens is 319 g/mol. The average Bonchev–Trinajstić information content (AvgIpc) is 2.94. The largest absolute Gasteiger partial charge is 0.338 e. The lowest BCUT2D eigenvalue weighted by atomic mass is 10.2. The van der Waals surface area contributed by atoms with Crippen molar-refractivity contribution in [2.75, 3.05) is 26.2 Å². The molecule has 1 saturated heterocycles. The maximum Gasteiger partial charge on any atom is 0.240 e. The highest BCUT2D eigenvalue weighted by Crippen LogP contribution is 2.12. The van der Waals surface area contributed by atoms with Gasteiger partial charge in [-0.1, -0.05) is 30.6 Å². The van der Waals surface area contributed by atoms with E-state index in [1.54, 1.807) is 0 Å². The van der Waals surface area contributed by atoms with E-state index >= 15 is 0 Å². The van der Waals surface area contributed by atoms with Crippen molar-refractivity contribution < 1.29 is 8.91 Å². The van der Waals surface area contributed by atoms with Crippen LogP contribution in [0, 0.1) is 5.82 Å². The molecule has 2 aromatic rings. The molecule has 1 aliphatic rings. The zero-order valence-corrected chi connectivity index (χ0v) is 15.0. The predicted octanol–water partition coefficient (Wildman–Crippen LogP) is 3.26. The molecule has 25 heavy (non-hydrogen) atoms. The summed E-state index contributed by atoms with van der Waals surface area (Å²) >= 11 is 0. The van der Waals surface area contributed by atoms with Gasteiger partial charge in [0.2, 0.25) is 5.89 Å². The van der Waals surface area contributed by atoms with Gasteiger partial charge in [0.1, 0.15) is 5.82 Å². The summed E-state index contributed by atoms with van der Waals surface area (Å²) < 4.78 is 18.4. The highest BCUT2D eigenvalue weighted by atomic mass is 19.1. The number of unbranched alkanes of at least 4 members (excludes halogenated alkanes) is 1.